The van der Waals surface area contributed by atoms with Gasteiger partial charge in [-0.05, 0) is 56.0 Å². The molecule has 32 heavy (non-hydrogen) atoms. The first-order valence-corrected chi connectivity index (χ1v) is 11.5. The number of aliphatic hydroxyl groups is 1. The van der Waals surface area contributed by atoms with E-state index in [0.29, 0.717) is 24.3 Å². The van der Waals surface area contributed by atoms with Gasteiger partial charge < -0.3 is 19.8 Å². The standard InChI is InChI=1S/C26H29FN2O3/c1-3-13-29-14-12-25-22-16-8-9-20(30)23(22)32-24(25)19(10-11-26(25,31)21(29)15-16)28(2)18-7-5-4-6-17(18)27/h3-9,19,21,24,30-31H,1,10-15H2,2H3/t19-,21?,24?,25+,26-/m1/s1. The molecule has 5 atom stereocenters. The number of hydrogen-bond donors (Lipinski definition) is 2. The van der Waals surface area contributed by atoms with Gasteiger partial charge in [0.2, 0.25) is 0 Å². The smallest absolute Gasteiger partial charge is 0.165 e. The molecule has 5 nitrogen and oxygen atoms in total. The van der Waals surface area contributed by atoms with Crippen LogP contribution in [-0.2, 0) is 11.8 Å². The molecule has 1 saturated heterocycles. The molecule has 168 valence electrons. The summed E-state index contributed by atoms with van der Waals surface area (Å²) in [5, 5.41) is 23.1. The zero-order valence-corrected chi connectivity index (χ0v) is 18.3. The third kappa shape index (κ3) is 2.29. The van der Waals surface area contributed by atoms with Crippen LogP contribution in [0.1, 0.15) is 30.4 Å². The molecule has 6 rings (SSSR count). The molecule has 0 radical (unpaired) electrons. The van der Waals surface area contributed by atoms with Crippen molar-refractivity contribution in [1.82, 2.24) is 4.90 Å². The summed E-state index contributed by atoms with van der Waals surface area (Å²) in [5.74, 6) is 0.360. The van der Waals surface area contributed by atoms with Gasteiger partial charge in [0.1, 0.15) is 11.9 Å². The normalized spacial score (nSPS) is 34.5. The summed E-state index contributed by atoms with van der Waals surface area (Å²) in [6.07, 6.45) is 4.25. The highest BCUT2D eigenvalue weighted by atomic mass is 19.1. The summed E-state index contributed by atoms with van der Waals surface area (Å²) in [6, 6.07) is 10.3. The van der Waals surface area contributed by atoms with E-state index in [1.54, 1.807) is 18.2 Å². The van der Waals surface area contributed by atoms with Gasteiger partial charge in [0.25, 0.3) is 0 Å². The highest BCUT2D eigenvalue weighted by Gasteiger charge is 2.73. The lowest BCUT2D eigenvalue weighted by Gasteiger charge is -2.64. The Hall–Kier alpha value is -2.57. The van der Waals surface area contributed by atoms with Crippen molar-refractivity contribution >= 4 is 5.69 Å². The predicted molar refractivity (Wildman–Crippen MR) is 121 cm³/mol. The van der Waals surface area contributed by atoms with Crippen molar-refractivity contribution in [3.63, 3.8) is 0 Å². The summed E-state index contributed by atoms with van der Waals surface area (Å²) < 4.78 is 21.2. The van der Waals surface area contributed by atoms with Gasteiger partial charge in [-0.1, -0.05) is 24.3 Å². The Balaban J connectivity index is 1.52. The number of hydrogen-bond acceptors (Lipinski definition) is 5. The zero-order chi connectivity index (χ0) is 22.3. The Morgan fingerprint density at radius 2 is 2.09 bits per heavy atom. The van der Waals surface area contributed by atoms with Crippen LogP contribution in [0.15, 0.2) is 49.1 Å². The van der Waals surface area contributed by atoms with Crippen molar-refractivity contribution < 1.29 is 19.3 Å². The summed E-state index contributed by atoms with van der Waals surface area (Å²) in [6.45, 7) is 5.47. The largest absolute Gasteiger partial charge is 0.504 e. The van der Waals surface area contributed by atoms with E-state index < -0.39 is 11.0 Å². The molecule has 1 spiro atoms. The lowest BCUT2D eigenvalue weighted by Crippen LogP contribution is -2.78. The van der Waals surface area contributed by atoms with E-state index in [0.717, 1.165) is 37.1 Å². The molecule has 0 aromatic heterocycles. The van der Waals surface area contributed by atoms with E-state index >= 15 is 0 Å². The summed E-state index contributed by atoms with van der Waals surface area (Å²) in [7, 11) is 1.91. The van der Waals surface area contributed by atoms with Crippen molar-refractivity contribution in [1.29, 1.82) is 0 Å². The number of likely N-dealkylation sites (N-methyl/N-ethyl adjacent to an activating group) is 1. The highest BCUT2D eigenvalue weighted by Crippen LogP contribution is 2.65. The molecule has 2 N–H and O–H groups in total. The minimum Gasteiger partial charge on any atom is -0.504 e. The first-order chi connectivity index (χ1) is 15.4. The van der Waals surface area contributed by atoms with Gasteiger partial charge in [0, 0.05) is 25.2 Å². The Kier molecular flexibility index (Phi) is 4.21. The quantitative estimate of drug-likeness (QED) is 0.720. The first kappa shape index (κ1) is 20.1. The van der Waals surface area contributed by atoms with Crippen LogP contribution in [0.5, 0.6) is 11.5 Å². The van der Waals surface area contributed by atoms with Gasteiger partial charge in [-0.15, -0.1) is 6.58 Å². The Morgan fingerprint density at radius 1 is 1.28 bits per heavy atom. The van der Waals surface area contributed by atoms with E-state index in [9.17, 15) is 14.6 Å². The maximum Gasteiger partial charge on any atom is 0.165 e. The molecule has 2 unspecified atom stereocenters. The number of phenols is 1. The Labute approximate surface area is 187 Å². The molecule has 2 aromatic rings. The average molecular weight is 437 g/mol. The number of piperidine rings is 1. The Bertz CT molecular complexity index is 1110. The second-order valence-corrected chi connectivity index (χ2v) is 9.80. The monoisotopic (exact) mass is 436 g/mol. The number of likely N-dealkylation sites (tertiary alicyclic amines) is 1. The number of rotatable bonds is 4. The predicted octanol–water partition coefficient (Wildman–Crippen LogP) is 3.38. The van der Waals surface area contributed by atoms with Crippen LogP contribution < -0.4 is 9.64 Å². The molecule has 2 heterocycles. The van der Waals surface area contributed by atoms with Gasteiger partial charge >= 0.3 is 0 Å². The molecule has 4 aliphatic rings. The lowest BCUT2D eigenvalue weighted by molar-refractivity contribution is -0.187. The minimum absolute atomic E-state index is 0.0388. The van der Waals surface area contributed by atoms with Crippen LogP contribution in [0.4, 0.5) is 10.1 Å². The second-order valence-electron chi connectivity index (χ2n) is 9.80. The molecule has 2 aliphatic heterocycles. The topological polar surface area (TPSA) is 56.2 Å². The van der Waals surface area contributed by atoms with E-state index in [4.69, 9.17) is 4.74 Å². The third-order valence-electron chi connectivity index (χ3n) is 8.64. The van der Waals surface area contributed by atoms with E-state index in [2.05, 4.69) is 11.5 Å². The maximum atomic E-state index is 14.7. The fourth-order valence-corrected chi connectivity index (χ4v) is 7.30. The first-order valence-electron chi connectivity index (χ1n) is 11.5. The molecular formula is C26H29FN2O3. The van der Waals surface area contributed by atoms with Crippen molar-refractivity contribution in [2.24, 2.45) is 0 Å². The highest BCUT2D eigenvalue weighted by molar-refractivity contribution is 5.63. The third-order valence-corrected chi connectivity index (χ3v) is 8.64. The fourth-order valence-electron chi connectivity index (χ4n) is 7.30. The number of nitrogens with zero attached hydrogens (tertiary/aromatic N) is 2. The van der Waals surface area contributed by atoms with Crippen LogP contribution in [0, 0.1) is 5.82 Å². The summed E-state index contributed by atoms with van der Waals surface area (Å²) in [5.41, 5.74) is 1.04. The number of ether oxygens (including phenoxy) is 1. The Morgan fingerprint density at radius 3 is 2.88 bits per heavy atom. The number of aromatic hydroxyl groups is 1. The molecule has 6 heteroatoms. The number of benzene rings is 2. The molecular weight excluding hydrogens is 407 g/mol. The van der Waals surface area contributed by atoms with Gasteiger partial charge in [0.15, 0.2) is 11.5 Å². The fraction of sp³-hybridized carbons (Fsp3) is 0.462. The molecule has 2 aromatic carbocycles. The summed E-state index contributed by atoms with van der Waals surface area (Å²) in [4.78, 5) is 4.31. The van der Waals surface area contributed by atoms with Crippen molar-refractivity contribution in [3.05, 3.63) is 66.0 Å². The van der Waals surface area contributed by atoms with Crippen molar-refractivity contribution in [2.45, 2.75) is 54.9 Å². The molecule has 2 bridgehead atoms. The van der Waals surface area contributed by atoms with Gasteiger partial charge in [-0.2, -0.15) is 0 Å². The molecule has 2 fully saturated rings. The zero-order valence-electron chi connectivity index (χ0n) is 18.3. The van der Waals surface area contributed by atoms with E-state index in [1.165, 1.54) is 6.07 Å². The van der Waals surface area contributed by atoms with Crippen molar-refractivity contribution in [3.8, 4) is 11.5 Å². The van der Waals surface area contributed by atoms with Gasteiger partial charge in [-0.25, -0.2) is 4.39 Å². The molecule has 2 aliphatic carbocycles. The average Bonchev–Trinajstić information content (AvgIpc) is 3.13. The molecule has 1 saturated carbocycles. The van der Waals surface area contributed by atoms with Gasteiger partial charge in [-0.3, -0.25) is 4.90 Å². The van der Waals surface area contributed by atoms with Crippen LogP contribution >= 0.6 is 0 Å². The van der Waals surface area contributed by atoms with Crippen LogP contribution in [0.25, 0.3) is 0 Å². The van der Waals surface area contributed by atoms with E-state index in [-0.39, 0.29) is 29.8 Å². The maximum absolute atomic E-state index is 14.7. The molecule has 0 amide bonds. The number of phenolic OH excluding ortho intramolecular Hbond substituents is 1. The van der Waals surface area contributed by atoms with Crippen molar-refractivity contribution in [2.75, 3.05) is 25.0 Å². The summed E-state index contributed by atoms with van der Waals surface area (Å²) >= 11 is 0. The second kappa shape index (κ2) is 6.72. The number of anilines is 1. The minimum atomic E-state index is -0.975. The lowest BCUT2D eigenvalue weighted by atomic mass is 9.48. The number of para-hydroxylation sites is 1. The van der Waals surface area contributed by atoms with Gasteiger partial charge in [0.05, 0.1) is 22.7 Å². The number of halogens is 1. The van der Waals surface area contributed by atoms with Crippen LogP contribution in [-0.4, -0.2) is 59.0 Å². The van der Waals surface area contributed by atoms with Crippen LogP contribution in [0.2, 0.25) is 0 Å². The van der Waals surface area contributed by atoms with E-state index in [1.807, 2.05) is 30.2 Å². The SMILES string of the molecule is C=CCN1CC[C@]23c4c5ccc(O)c4OC2[C@H](N(C)c2ccccc2F)CC[C@@]3(O)C1C5. The van der Waals surface area contributed by atoms with Crippen LogP contribution in [0.3, 0.4) is 0 Å².